The van der Waals surface area contributed by atoms with Gasteiger partial charge in [0.15, 0.2) is 0 Å². The predicted molar refractivity (Wildman–Crippen MR) is 144 cm³/mol. The van der Waals surface area contributed by atoms with Crippen molar-refractivity contribution in [2.75, 3.05) is 13.2 Å². The average Bonchev–Trinajstić information content (AvgIpc) is 2.84. The van der Waals surface area contributed by atoms with Gasteiger partial charge in [-0.05, 0) is 27.5 Å². The molecule has 0 atom stereocenters. The second kappa shape index (κ2) is 11.1. The molecule has 0 aliphatic rings. The maximum atomic E-state index is 12.4. The molecule has 0 saturated carbocycles. The highest BCUT2D eigenvalue weighted by molar-refractivity contribution is 6.99. The molecular formula is C28H34N2O5Si. The third kappa shape index (κ3) is 6.38. The van der Waals surface area contributed by atoms with Gasteiger partial charge < -0.3 is 14.5 Å². The zero-order valence-electron chi connectivity index (χ0n) is 21.5. The molecule has 0 radical (unpaired) electrons. The van der Waals surface area contributed by atoms with Gasteiger partial charge in [-0.3, -0.25) is 10.1 Å². The minimum absolute atomic E-state index is 0.0654. The van der Waals surface area contributed by atoms with Gasteiger partial charge in [0.2, 0.25) is 0 Å². The van der Waals surface area contributed by atoms with Gasteiger partial charge in [0.05, 0.1) is 4.92 Å². The summed E-state index contributed by atoms with van der Waals surface area (Å²) in [5, 5.41) is 15.9. The third-order valence-electron chi connectivity index (χ3n) is 6.07. The lowest BCUT2D eigenvalue weighted by atomic mass is 9.95. The molecule has 0 aliphatic carbocycles. The van der Waals surface area contributed by atoms with E-state index in [0.717, 1.165) is 0 Å². The average molecular weight is 507 g/mol. The van der Waals surface area contributed by atoms with Crippen molar-refractivity contribution < 1.29 is 18.9 Å². The molecule has 0 unspecified atom stereocenters. The Hall–Kier alpha value is -3.49. The van der Waals surface area contributed by atoms with Crippen LogP contribution < -0.4 is 20.4 Å². The van der Waals surface area contributed by atoms with Gasteiger partial charge in [0, 0.05) is 30.7 Å². The molecule has 1 N–H and O–H groups in total. The number of ether oxygens (including phenoxy) is 1. The van der Waals surface area contributed by atoms with E-state index in [2.05, 4.69) is 74.6 Å². The summed E-state index contributed by atoms with van der Waals surface area (Å²) in [6, 6.07) is 26.2. The van der Waals surface area contributed by atoms with Gasteiger partial charge in [-0.1, -0.05) is 95.3 Å². The van der Waals surface area contributed by atoms with Gasteiger partial charge in [-0.25, -0.2) is 4.79 Å². The topological polar surface area (TPSA) is 90.7 Å². The van der Waals surface area contributed by atoms with Crippen molar-refractivity contribution in [3.05, 3.63) is 95.0 Å². The number of nitro groups is 1. The molecule has 0 spiro atoms. The lowest BCUT2D eigenvalue weighted by molar-refractivity contribution is -0.384. The molecule has 3 aromatic carbocycles. The Balaban J connectivity index is 1.74. The molecule has 0 aromatic heterocycles. The van der Waals surface area contributed by atoms with E-state index in [-0.39, 0.29) is 21.9 Å². The largest absolute Gasteiger partial charge is 0.412 e. The predicted octanol–water partition coefficient (Wildman–Crippen LogP) is 5.29. The fraction of sp³-hybridized carbons (Fsp3) is 0.321. The number of non-ortho nitro benzene ring substituents is 1. The minimum Gasteiger partial charge on any atom is -0.410 e. The molecule has 0 saturated heterocycles. The van der Waals surface area contributed by atoms with Gasteiger partial charge >= 0.3 is 6.09 Å². The molecule has 7 nitrogen and oxygen atoms in total. The van der Waals surface area contributed by atoms with Gasteiger partial charge in [0.25, 0.3) is 14.0 Å². The minimum atomic E-state index is -2.69. The van der Waals surface area contributed by atoms with Crippen molar-refractivity contribution in [3.8, 4) is 5.75 Å². The van der Waals surface area contributed by atoms with E-state index in [0.29, 0.717) is 13.2 Å². The van der Waals surface area contributed by atoms with E-state index in [4.69, 9.17) is 9.16 Å². The third-order valence-corrected chi connectivity index (χ3v) is 11.0. The molecule has 0 fully saturated rings. The standard InChI is InChI=1S/C28H34N2O5Si/c1-27(2,3)36(24-12-8-6-9-13-24,25-14-10-7-11-15-25)34-21-28(4,5)20-29-26(31)35-23-18-16-22(17-19-23)30(32)33/h6-19H,20-21H2,1-5H3,(H,29,31). The number of hydrogen-bond donors (Lipinski definition) is 1. The Kier molecular flexibility index (Phi) is 8.32. The Bertz CT molecular complexity index is 1120. The molecule has 3 rings (SSSR count). The van der Waals surface area contributed by atoms with E-state index in [1.165, 1.54) is 34.6 Å². The van der Waals surface area contributed by atoms with E-state index in [1.807, 2.05) is 26.0 Å². The van der Waals surface area contributed by atoms with Crippen LogP contribution in [0.3, 0.4) is 0 Å². The fourth-order valence-electron chi connectivity index (χ4n) is 4.21. The number of nitrogens with zero attached hydrogens (tertiary/aromatic N) is 1. The van der Waals surface area contributed by atoms with Crippen LogP contribution in [0.15, 0.2) is 84.9 Å². The Morgan fingerprint density at radius 1 is 0.861 bits per heavy atom. The zero-order chi connectivity index (χ0) is 26.4. The van der Waals surface area contributed by atoms with Crippen LogP contribution in [0.5, 0.6) is 5.75 Å². The number of hydrogen-bond acceptors (Lipinski definition) is 5. The van der Waals surface area contributed by atoms with E-state index in [1.54, 1.807) is 0 Å². The monoisotopic (exact) mass is 506 g/mol. The van der Waals surface area contributed by atoms with Crippen molar-refractivity contribution in [1.29, 1.82) is 0 Å². The quantitative estimate of drug-likeness (QED) is 0.242. The molecule has 0 bridgehead atoms. The van der Waals surface area contributed by atoms with Crippen LogP contribution in [0.1, 0.15) is 34.6 Å². The number of amides is 1. The smallest absolute Gasteiger partial charge is 0.410 e. The van der Waals surface area contributed by atoms with Crippen LogP contribution in [0.2, 0.25) is 5.04 Å². The highest BCUT2D eigenvalue weighted by Crippen LogP contribution is 2.37. The maximum Gasteiger partial charge on any atom is 0.412 e. The number of nitro benzene ring substituents is 1. The van der Waals surface area contributed by atoms with Crippen LogP contribution in [-0.2, 0) is 4.43 Å². The Morgan fingerprint density at radius 3 is 1.81 bits per heavy atom. The summed E-state index contributed by atoms with van der Waals surface area (Å²) in [6.45, 7) is 11.5. The Morgan fingerprint density at radius 2 is 1.36 bits per heavy atom. The van der Waals surface area contributed by atoms with Gasteiger partial charge in [-0.15, -0.1) is 0 Å². The summed E-state index contributed by atoms with van der Waals surface area (Å²) in [5.74, 6) is 0.236. The molecule has 8 heteroatoms. The van der Waals surface area contributed by atoms with Gasteiger partial charge in [0.1, 0.15) is 5.75 Å². The van der Waals surface area contributed by atoms with E-state index >= 15 is 0 Å². The number of nitrogens with one attached hydrogen (secondary N) is 1. The number of rotatable bonds is 9. The lowest BCUT2D eigenvalue weighted by Gasteiger charge is -2.44. The normalized spacial score (nSPS) is 12.1. The fourth-order valence-corrected chi connectivity index (χ4v) is 8.97. The second-order valence-electron chi connectivity index (χ2n) is 10.6. The first-order valence-electron chi connectivity index (χ1n) is 11.9. The van der Waals surface area contributed by atoms with Crippen LogP contribution in [0.25, 0.3) is 0 Å². The summed E-state index contributed by atoms with van der Waals surface area (Å²) >= 11 is 0. The van der Waals surface area contributed by atoms with Crippen molar-refractivity contribution in [3.63, 3.8) is 0 Å². The molecule has 0 aliphatic heterocycles. The SMILES string of the molecule is CC(C)(CNC(=O)Oc1ccc([N+](=O)[O-])cc1)CO[Si](c1ccccc1)(c1ccccc1)C(C)(C)C. The second-order valence-corrected chi connectivity index (χ2v) is 14.9. The first-order valence-corrected chi connectivity index (χ1v) is 13.8. The zero-order valence-corrected chi connectivity index (χ0v) is 22.5. The first kappa shape index (κ1) is 27.1. The van der Waals surface area contributed by atoms with Crippen molar-refractivity contribution in [2.24, 2.45) is 5.41 Å². The highest BCUT2D eigenvalue weighted by atomic mass is 28.4. The van der Waals surface area contributed by atoms with Crippen LogP contribution >= 0.6 is 0 Å². The Labute approximate surface area is 213 Å². The summed E-state index contributed by atoms with van der Waals surface area (Å²) in [5.41, 5.74) is -0.453. The molecule has 36 heavy (non-hydrogen) atoms. The lowest BCUT2D eigenvalue weighted by Crippen LogP contribution is -2.67. The highest BCUT2D eigenvalue weighted by Gasteiger charge is 2.50. The number of benzene rings is 3. The van der Waals surface area contributed by atoms with Crippen molar-refractivity contribution >= 4 is 30.5 Å². The summed E-state index contributed by atoms with van der Waals surface area (Å²) < 4.78 is 12.3. The summed E-state index contributed by atoms with van der Waals surface area (Å²) in [7, 11) is -2.69. The van der Waals surface area contributed by atoms with Crippen molar-refractivity contribution in [1.82, 2.24) is 5.32 Å². The molecule has 1 amide bonds. The van der Waals surface area contributed by atoms with E-state index < -0.39 is 19.3 Å². The van der Waals surface area contributed by atoms with E-state index in [9.17, 15) is 14.9 Å². The van der Waals surface area contributed by atoms with Crippen LogP contribution in [0, 0.1) is 15.5 Å². The molecule has 3 aromatic rings. The molecular weight excluding hydrogens is 472 g/mol. The summed E-state index contributed by atoms with van der Waals surface area (Å²) in [6.07, 6.45) is -0.623. The number of carbonyl (C=O) groups is 1. The number of carbonyl (C=O) groups excluding carboxylic acids is 1. The first-order chi connectivity index (χ1) is 16.9. The summed E-state index contributed by atoms with van der Waals surface area (Å²) in [4.78, 5) is 22.7. The molecule has 0 heterocycles. The van der Waals surface area contributed by atoms with Crippen LogP contribution in [-0.4, -0.2) is 32.5 Å². The molecule has 190 valence electrons. The van der Waals surface area contributed by atoms with Crippen molar-refractivity contribution in [2.45, 2.75) is 39.7 Å². The van der Waals surface area contributed by atoms with Gasteiger partial charge in [-0.2, -0.15) is 0 Å². The maximum absolute atomic E-state index is 12.4. The van der Waals surface area contributed by atoms with Crippen LogP contribution in [0.4, 0.5) is 10.5 Å².